The van der Waals surface area contributed by atoms with Crippen molar-refractivity contribution in [2.24, 2.45) is 7.05 Å². The van der Waals surface area contributed by atoms with Crippen LogP contribution in [0.15, 0.2) is 42.6 Å². The Morgan fingerprint density at radius 3 is 3.00 bits per heavy atom. The number of fused-ring (bicyclic) bond motifs is 2. The van der Waals surface area contributed by atoms with Crippen molar-refractivity contribution in [3.63, 3.8) is 0 Å². The standard InChI is InChI=1S/C24H27FN2O3/c1-27-13-20(19-11-16(25)7-9-21(19)27)15-6-8-17(10-15)26-12-18-14-29-23-5-3-4-22(28-2)24(23)30-18/h3-5,7,9,11,13,15,17-18,26H,6,8,10,12,14H2,1-2H3/t15-,17-,18+/m1/s1. The number of rotatable bonds is 5. The van der Waals surface area contributed by atoms with Crippen molar-refractivity contribution in [3.05, 3.63) is 54.0 Å². The number of aryl methyl sites for hydroxylation is 1. The maximum atomic E-state index is 13.8. The molecule has 6 heteroatoms. The van der Waals surface area contributed by atoms with Crippen molar-refractivity contribution in [1.82, 2.24) is 9.88 Å². The highest BCUT2D eigenvalue weighted by Crippen LogP contribution is 2.41. The second kappa shape index (κ2) is 7.84. The minimum atomic E-state index is -0.173. The molecule has 30 heavy (non-hydrogen) atoms. The second-order valence-corrected chi connectivity index (χ2v) is 8.31. The van der Waals surface area contributed by atoms with Crippen molar-refractivity contribution >= 4 is 10.9 Å². The van der Waals surface area contributed by atoms with E-state index in [1.807, 2.05) is 31.3 Å². The molecule has 1 N–H and O–H groups in total. The smallest absolute Gasteiger partial charge is 0.204 e. The van der Waals surface area contributed by atoms with Gasteiger partial charge in [0.25, 0.3) is 0 Å². The Bertz CT molecular complexity index is 1050. The Balaban J connectivity index is 1.22. The minimum Gasteiger partial charge on any atom is -0.493 e. The summed E-state index contributed by atoms with van der Waals surface area (Å²) in [7, 11) is 3.67. The van der Waals surface area contributed by atoms with Gasteiger partial charge in [-0.15, -0.1) is 0 Å². The average Bonchev–Trinajstić information content (AvgIpc) is 3.36. The van der Waals surface area contributed by atoms with Crippen LogP contribution in [-0.4, -0.2) is 37.0 Å². The van der Waals surface area contributed by atoms with Gasteiger partial charge in [-0.2, -0.15) is 0 Å². The van der Waals surface area contributed by atoms with Gasteiger partial charge in [0.1, 0.15) is 18.5 Å². The third-order valence-corrected chi connectivity index (χ3v) is 6.36. The summed E-state index contributed by atoms with van der Waals surface area (Å²) in [6.07, 6.45) is 5.36. The molecule has 0 saturated heterocycles. The van der Waals surface area contributed by atoms with Crippen LogP contribution in [0.4, 0.5) is 4.39 Å². The molecule has 2 aliphatic rings. The maximum Gasteiger partial charge on any atom is 0.204 e. The molecular weight excluding hydrogens is 383 g/mol. The average molecular weight is 410 g/mol. The first-order valence-corrected chi connectivity index (χ1v) is 10.6. The zero-order valence-corrected chi connectivity index (χ0v) is 17.4. The van der Waals surface area contributed by atoms with E-state index in [-0.39, 0.29) is 11.9 Å². The molecule has 1 saturated carbocycles. The number of hydrogen-bond acceptors (Lipinski definition) is 4. The summed E-state index contributed by atoms with van der Waals surface area (Å²) in [6.45, 7) is 1.24. The van der Waals surface area contributed by atoms with E-state index in [1.165, 1.54) is 11.6 Å². The van der Waals surface area contributed by atoms with Crippen LogP contribution in [0.3, 0.4) is 0 Å². The van der Waals surface area contributed by atoms with Gasteiger partial charge in [-0.3, -0.25) is 0 Å². The van der Waals surface area contributed by atoms with E-state index >= 15 is 0 Å². The predicted octanol–water partition coefficient (Wildman–Crippen LogP) is 4.39. The van der Waals surface area contributed by atoms with Gasteiger partial charge in [0.15, 0.2) is 11.5 Å². The van der Waals surface area contributed by atoms with Crippen LogP contribution < -0.4 is 19.5 Å². The lowest BCUT2D eigenvalue weighted by molar-refractivity contribution is 0.0844. The number of ether oxygens (including phenoxy) is 3. The van der Waals surface area contributed by atoms with Crippen LogP contribution >= 0.6 is 0 Å². The second-order valence-electron chi connectivity index (χ2n) is 8.31. The Labute approximate surface area is 175 Å². The summed E-state index contributed by atoms with van der Waals surface area (Å²) in [6, 6.07) is 11.2. The third-order valence-electron chi connectivity index (χ3n) is 6.36. The molecule has 0 amide bonds. The molecule has 5 nitrogen and oxygen atoms in total. The van der Waals surface area contributed by atoms with Crippen molar-refractivity contribution < 1.29 is 18.6 Å². The monoisotopic (exact) mass is 410 g/mol. The van der Waals surface area contributed by atoms with Crippen molar-refractivity contribution in [1.29, 1.82) is 0 Å². The molecule has 0 spiro atoms. The molecule has 0 radical (unpaired) electrons. The zero-order chi connectivity index (χ0) is 20.7. The zero-order valence-electron chi connectivity index (χ0n) is 17.4. The highest BCUT2D eigenvalue weighted by Gasteiger charge is 2.30. The van der Waals surface area contributed by atoms with Crippen LogP contribution in [0.5, 0.6) is 17.2 Å². The number of hydrogen-bond donors (Lipinski definition) is 1. The highest BCUT2D eigenvalue weighted by molar-refractivity contribution is 5.84. The van der Waals surface area contributed by atoms with E-state index < -0.39 is 0 Å². The molecule has 3 atom stereocenters. The normalized spacial score (nSPS) is 23.1. The molecule has 0 bridgehead atoms. The number of methoxy groups -OCH3 is 1. The molecule has 1 aliphatic carbocycles. The van der Waals surface area contributed by atoms with Crippen LogP contribution in [0.2, 0.25) is 0 Å². The summed E-state index contributed by atoms with van der Waals surface area (Å²) >= 11 is 0. The van der Waals surface area contributed by atoms with Gasteiger partial charge in [-0.05, 0) is 61.1 Å². The van der Waals surface area contributed by atoms with E-state index in [2.05, 4.69) is 16.1 Å². The van der Waals surface area contributed by atoms with Gasteiger partial charge in [0.2, 0.25) is 5.75 Å². The highest BCUT2D eigenvalue weighted by atomic mass is 19.1. The number of halogens is 1. The van der Waals surface area contributed by atoms with Crippen LogP contribution in [-0.2, 0) is 7.05 Å². The molecule has 1 fully saturated rings. The van der Waals surface area contributed by atoms with Crippen molar-refractivity contribution in [3.8, 4) is 17.2 Å². The number of nitrogens with zero attached hydrogens (tertiary/aromatic N) is 1. The first kappa shape index (κ1) is 19.2. The number of para-hydroxylation sites is 1. The fourth-order valence-electron chi connectivity index (χ4n) is 4.84. The van der Waals surface area contributed by atoms with Crippen LogP contribution in [0.25, 0.3) is 10.9 Å². The molecule has 158 valence electrons. The maximum absolute atomic E-state index is 13.8. The molecule has 5 rings (SSSR count). The lowest BCUT2D eigenvalue weighted by Crippen LogP contribution is -2.41. The van der Waals surface area contributed by atoms with E-state index in [4.69, 9.17) is 14.2 Å². The van der Waals surface area contributed by atoms with E-state index in [9.17, 15) is 4.39 Å². The molecule has 3 aromatic rings. The van der Waals surface area contributed by atoms with Crippen LogP contribution in [0, 0.1) is 5.82 Å². The molecule has 0 unspecified atom stereocenters. The SMILES string of the molecule is COc1cccc2c1O[C@@H](CN[C@@H]1CC[C@@H](c3cn(C)c4ccc(F)cc34)C1)CO2. The molecule has 2 heterocycles. The van der Waals surface area contributed by atoms with E-state index in [0.717, 1.165) is 42.5 Å². The Hall–Kier alpha value is -2.73. The number of benzene rings is 2. The summed E-state index contributed by atoms with van der Waals surface area (Å²) in [5.74, 6) is 2.38. The lowest BCUT2D eigenvalue weighted by atomic mass is 9.97. The predicted molar refractivity (Wildman–Crippen MR) is 114 cm³/mol. The third kappa shape index (κ3) is 3.49. The summed E-state index contributed by atoms with van der Waals surface area (Å²) in [5, 5.41) is 4.70. The number of aromatic nitrogens is 1. The first-order chi connectivity index (χ1) is 14.6. The summed E-state index contributed by atoms with van der Waals surface area (Å²) in [4.78, 5) is 0. The van der Waals surface area contributed by atoms with Crippen molar-refractivity contribution in [2.75, 3.05) is 20.3 Å². The topological polar surface area (TPSA) is 44.7 Å². The Morgan fingerprint density at radius 1 is 1.23 bits per heavy atom. The largest absolute Gasteiger partial charge is 0.493 e. The van der Waals surface area contributed by atoms with Gasteiger partial charge in [-0.1, -0.05) is 6.07 Å². The van der Waals surface area contributed by atoms with E-state index in [0.29, 0.717) is 30.1 Å². The van der Waals surface area contributed by atoms with Gasteiger partial charge >= 0.3 is 0 Å². The van der Waals surface area contributed by atoms with Crippen LogP contribution in [0.1, 0.15) is 30.7 Å². The fraction of sp³-hybridized carbons (Fsp3) is 0.417. The summed E-state index contributed by atoms with van der Waals surface area (Å²) in [5.41, 5.74) is 2.34. The van der Waals surface area contributed by atoms with Gasteiger partial charge in [0.05, 0.1) is 7.11 Å². The van der Waals surface area contributed by atoms with Crippen molar-refractivity contribution in [2.45, 2.75) is 37.3 Å². The molecule has 1 aliphatic heterocycles. The first-order valence-electron chi connectivity index (χ1n) is 10.6. The van der Waals surface area contributed by atoms with Gasteiger partial charge in [-0.25, -0.2) is 4.39 Å². The fourth-order valence-corrected chi connectivity index (χ4v) is 4.84. The van der Waals surface area contributed by atoms with Gasteiger partial charge < -0.3 is 24.1 Å². The Kier molecular flexibility index (Phi) is 5.03. The molecule has 1 aromatic heterocycles. The summed E-state index contributed by atoms with van der Waals surface area (Å²) < 4.78 is 33.3. The minimum absolute atomic E-state index is 0.0560. The lowest BCUT2D eigenvalue weighted by Gasteiger charge is -2.28. The van der Waals surface area contributed by atoms with Gasteiger partial charge in [0, 0.05) is 36.7 Å². The Morgan fingerprint density at radius 2 is 2.13 bits per heavy atom. The number of nitrogens with one attached hydrogen (secondary N) is 1. The molecule has 2 aromatic carbocycles. The quantitative estimate of drug-likeness (QED) is 0.678. The molecular formula is C24H27FN2O3. The van der Waals surface area contributed by atoms with E-state index in [1.54, 1.807) is 13.2 Å².